The number of hydrogen-bond donors (Lipinski definition) is 0. The molecule has 0 amide bonds. The Morgan fingerprint density at radius 3 is 0.897 bits per heavy atom. The number of ether oxygens (including phenoxy) is 3. The molecule has 0 saturated heterocycles. The van der Waals surface area contributed by atoms with Gasteiger partial charge in [0.2, 0.25) is 0 Å². The van der Waals surface area contributed by atoms with Crippen molar-refractivity contribution in [2.45, 2.75) is 239 Å². The Labute approximate surface area is 418 Å². The van der Waals surface area contributed by atoms with E-state index in [0.717, 1.165) is 96.3 Å². The van der Waals surface area contributed by atoms with Crippen molar-refractivity contribution in [3.8, 4) is 0 Å². The quantitative estimate of drug-likeness (QED) is 0.0262. The molecule has 0 aromatic rings. The molecule has 0 aromatic carbocycles. The number of rotatable bonds is 48. The molecule has 384 valence electrons. The van der Waals surface area contributed by atoms with Gasteiger partial charge in [-0.05, 0) is 96.3 Å². The Morgan fingerprint density at radius 1 is 0.309 bits per heavy atom. The summed E-state index contributed by atoms with van der Waals surface area (Å²) in [6.45, 7) is 6.31. The third-order valence-electron chi connectivity index (χ3n) is 11.2. The predicted octanol–water partition coefficient (Wildman–Crippen LogP) is 18.5. The van der Waals surface area contributed by atoms with E-state index >= 15 is 0 Å². The maximum absolute atomic E-state index is 12.8. The molecule has 0 fully saturated rings. The van der Waals surface area contributed by atoms with Crippen LogP contribution in [0, 0.1) is 0 Å². The Morgan fingerprint density at radius 2 is 0.574 bits per heavy atom. The second kappa shape index (κ2) is 55.4. The summed E-state index contributed by atoms with van der Waals surface area (Å²) in [5.74, 6) is -1.04. The minimum absolute atomic E-state index is 0.120. The molecule has 0 aliphatic heterocycles. The van der Waals surface area contributed by atoms with E-state index in [1.54, 1.807) is 0 Å². The lowest BCUT2D eigenvalue weighted by atomic mass is 10.0. The zero-order valence-electron chi connectivity index (χ0n) is 43.8. The minimum atomic E-state index is -0.833. The monoisotopic (exact) mass is 941 g/mol. The van der Waals surface area contributed by atoms with Gasteiger partial charge in [-0.3, -0.25) is 14.4 Å². The second-order valence-electron chi connectivity index (χ2n) is 17.7. The normalized spacial score (nSPS) is 13.0. The van der Waals surface area contributed by atoms with Gasteiger partial charge in [-0.1, -0.05) is 239 Å². The molecule has 0 heterocycles. The van der Waals surface area contributed by atoms with Gasteiger partial charge in [0, 0.05) is 19.3 Å². The summed E-state index contributed by atoms with van der Waals surface area (Å²) in [6.07, 6.45) is 76.2. The molecule has 0 bridgehead atoms. The van der Waals surface area contributed by atoms with E-state index < -0.39 is 6.10 Å². The summed E-state index contributed by atoms with van der Waals surface area (Å²) in [4.78, 5) is 38.1. The molecule has 68 heavy (non-hydrogen) atoms. The summed E-state index contributed by atoms with van der Waals surface area (Å²) in [6, 6.07) is 0. The highest BCUT2D eigenvalue weighted by molar-refractivity contribution is 5.71. The maximum Gasteiger partial charge on any atom is 0.306 e. The van der Waals surface area contributed by atoms with E-state index in [1.807, 2.05) is 0 Å². The van der Waals surface area contributed by atoms with Crippen LogP contribution in [0.15, 0.2) is 122 Å². The fourth-order valence-electron chi connectivity index (χ4n) is 7.16. The Hall–Kier alpha value is -4.19. The smallest absolute Gasteiger partial charge is 0.306 e. The number of carbonyl (C=O) groups is 3. The SMILES string of the molecule is CC/C=C\C/C=C\C/C=C\C/C=C\C/C=C\CCCC(=O)OC[C@@H](COC(=O)CCCCCCCCCCCCCCCCCC)OC(=O)CCC/C=C\C/C=C\C/C=C\C/C=C\C/C=C\CC. The van der Waals surface area contributed by atoms with Crippen LogP contribution in [-0.2, 0) is 28.6 Å². The number of esters is 3. The fourth-order valence-corrected chi connectivity index (χ4v) is 7.16. The number of unbranched alkanes of at least 4 members (excludes halogenated alkanes) is 17. The summed E-state index contributed by atoms with van der Waals surface area (Å²) >= 11 is 0. The van der Waals surface area contributed by atoms with Crippen molar-refractivity contribution in [1.82, 2.24) is 0 Å². The van der Waals surface area contributed by atoms with Crippen LogP contribution in [-0.4, -0.2) is 37.2 Å². The Kier molecular flexibility index (Phi) is 52.0. The van der Waals surface area contributed by atoms with E-state index in [1.165, 1.54) is 83.5 Å². The zero-order chi connectivity index (χ0) is 49.3. The molecule has 0 saturated carbocycles. The molecule has 6 nitrogen and oxygen atoms in total. The van der Waals surface area contributed by atoms with Gasteiger partial charge in [-0.25, -0.2) is 0 Å². The van der Waals surface area contributed by atoms with E-state index in [4.69, 9.17) is 14.2 Å². The van der Waals surface area contributed by atoms with Gasteiger partial charge in [-0.2, -0.15) is 0 Å². The van der Waals surface area contributed by atoms with Crippen molar-refractivity contribution < 1.29 is 28.6 Å². The van der Waals surface area contributed by atoms with Crippen molar-refractivity contribution in [2.24, 2.45) is 0 Å². The first-order valence-electron chi connectivity index (χ1n) is 27.5. The number of allylic oxidation sites excluding steroid dienone is 20. The third kappa shape index (κ3) is 52.8. The first-order chi connectivity index (χ1) is 33.5. The van der Waals surface area contributed by atoms with Gasteiger partial charge in [0.05, 0.1) is 0 Å². The van der Waals surface area contributed by atoms with Crippen LogP contribution in [0.3, 0.4) is 0 Å². The van der Waals surface area contributed by atoms with Crippen LogP contribution in [0.2, 0.25) is 0 Å². The van der Waals surface area contributed by atoms with Crippen LogP contribution in [0.5, 0.6) is 0 Å². The van der Waals surface area contributed by atoms with E-state index in [0.29, 0.717) is 19.3 Å². The van der Waals surface area contributed by atoms with Gasteiger partial charge in [0.1, 0.15) is 13.2 Å². The lowest BCUT2D eigenvalue weighted by molar-refractivity contribution is -0.167. The lowest BCUT2D eigenvalue weighted by Crippen LogP contribution is -2.30. The van der Waals surface area contributed by atoms with E-state index in [-0.39, 0.29) is 44.0 Å². The topological polar surface area (TPSA) is 78.9 Å². The first kappa shape index (κ1) is 63.8. The van der Waals surface area contributed by atoms with Crippen molar-refractivity contribution in [1.29, 1.82) is 0 Å². The van der Waals surface area contributed by atoms with E-state index in [2.05, 4.69) is 142 Å². The molecule has 0 aliphatic carbocycles. The highest BCUT2D eigenvalue weighted by atomic mass is 16.6. The average Bonchev–Trinajstić information content (AvgIpc) is 3.34. The molecule has 0 aromatic heterocycles. The fraction of sp³-hybridized carbons (Fsp3) is 0.629. The van der Waals surface area contributed by atoms with Gasteiger partial charge < -0.3 is 14.2 Å². The zero-order valence-corrected chi connectivity index (χ0v) is 43.8. The summed E-state index contributed by atoms with van der Waals surface area (Å²) < 4.78 is 16.7. The molecule has 0 radical (unpaired) electrons. The molecule has 0 aliphatic rings. The molecule has 6 heteroatoms. The molecule has 0 N–H and O–H groups in total. The highest BCUT2D eigenvalue weighted by Crippen LogP contribution is 2.15. The first-order valence-corrected chi connectivity index (χ1v) is 27.5. The van der Waals surface area contributed by atoms with Gasteiger partial charge >= 0.3 is 17.9 Å². The molecule has 0 unspecified atom stereocenters. The summed E-state index contributed by atoms with van der Waals surface area (Å²) in [7, 11) is 0. The van der Waals surface area contributed by atoms with Gasteiger partial charge in [0.25, 0.3) is 0 Å². The van der Waals surface area contributed by atoms with Crippen LogP contribution in [0.4, 0.5) is 0 Å². The van der Waals surface area contributed by atoms with Crippen molar-refractivity contribution in [2.75, 3.05) is 13.2 Å². The molecular formula is C62H100O6. The minimum Gasteiger partial charge on any atom is -0.462 e. The third-order valence-corrected chi connectivity index (χ3v) is 11.2. The summed E-state index contributed by atoms with van der Waals surface area (Å²) in [5, 5.41) is 0. The van der Waals surface area contributed by atoms with E-state index in [9.17, 15) is 14.4 Å². The van der Waals surface area contributed by atoms with Crippen molar-refractivity contribution in [3.63, 3.8) is 0 Å². The maximum atomic E-state index is 12.8. The predicted molar refractivity (Wildman–Crippen MR) is 293 cm³/mol. The molecule has 0 rings (SSSR count). The van der Waals surface area contributed by atoms with Gasteiger partial charge in [0.15, 0.2) is 6.10 Å². The standard InChI is InChI=1S/C62H100O6/c1-4-7-10-13-16-19-22-25-28-31-34-37-40-43-46-49-52-55-61(64)67-58-59(57-66-60(63)54-51-48-45-42-39-36-33-30-27-24-21-18-15-12-9-6-3)68-62(65)56-53-50-47-44-41-38-35-32-29-26-23-20-17-14-11-8-5-2/h7-8,10-11,16-17,19-20,25-26,28-29,34-35,37-38,43-44,46-47,59H,4-6,9,12-15,18,21-24,27,30-33,36,39-42,45,48-58H2,1-3H3/b10-7-,11-8-,19-16-,20-17-,28-25-,29-26-,37-34-,38-35-,46-43-,47-44-/t59-/m1/s1. The number of carbonyl (C=O) groups excluding carboxylic acids is 3. The summed E-state index contributed by atoms with van der Waals surface area (Å²) in [5.41, 5.74) is 0. The van der Waals surface area contributed by atoms with Crippen LogP contribution < -0.4 is 0 Å². The largest absolute Gasteiger partial charge is 0.462 e. The molecular weight excluding hydrogens is 841 g/mol. The average molecular weight is 941 g/mol. The Bertz CT molecular complexity index is 1450. The Balaban J connectivity index is 4.57. The van der Waals surface area contributed by atoms with Crippen LogP contribution in [0.25, 0.3) is 0 Å². The molecule has 1 atom stereocenters. The highest BCUT2D eigenvalue weighted by Gasteiger charge is 2.19. The van der Waals surface area contributed by atoms with Crippen molar-refractivity contribution >= 4 is 17.9 Å². The second-order valence-corrected chi connectivity index (χ2v) is 17.7. The lowest BCUT2D eigenvalue weighted by Gasteiger charge is -2.18. The van der Waals surface area contributed by atoms with Crippen LogP contribution >= 0.6 is 0 Å². The number of hydrogen-bond acceptors (Lipinski definition) is 6. The van der Waals surface area contributed by atoms with Crippen molar-refractivity contribution in [3.05, 3.63) is 122 Å². The molecule has 0 spiro atoms. The van der Waals surface area contributed by atoms with Gasteiger partial charge in [-0.15, -0.1) is 0 Å². The van der Waals surface area contributed by atoms with Crippen LogP contribution in [0.1, 0.15) is 233 Å².